The average Bonchev–Trinajstić information content (AvgIpc) is 2.47. The second kappa shape index (κ2) is 5.81. The van der Waals surface area contributed by atoms with Crippen molar-refractivity contribution in [1.29, 1.82) is 0 Å². The molecule has 0 atom stereocenters. The number of thioether (sulfide) groups is 1. The molecule has 6 heteroatoms. The van der Waals surface area contributed by atoms with Gasteiger partial charge in [-0.15, -0.1) is 11.8 Å². The molecule has 2 heterocycles. The lowest BCUT2D eigenvalue weighted by atomic mass is 10.2. The molecule has 1 aromatic carbocycles. The first-order valence-corrected chi connectivity index (χ1v) is 7.51. The molecule has 4 nitrogen and oxygen atoms in total. The number of halogens is 1. The quantitative estimate of drug-likeness (QED) is 0.881. The summed E-state index contributed by atoms with van der Waals surface area (Å²) < 4.78 is 11.1. The number of fused-ring (bicyclic) bond motifs is 1. The summed E-state index contributed by atoms with van der Waals surface area (Å²) in [6, 6.07) is 7.62. The highest BCUT2D eigenvalue weighted by Crippen LogP contribution is 2.39. The van der Waals surface area contributed by atoms with Gasteiger partial charge in [-0.05, 0) is 29.8 Å². The van der Waals surface area contributed by atoms with Gasteiger partial charge in [0.2, 0.25) is 0 Å². The fourth-order valence-electron chi connectivity index (χ4n) is 1.89. The van der Waals surface area contributed by atoms with E-state index in [0.717, 1.165) is 22.0 Å². The minimum atomic E-state index is 0.525. The molecule has 0 unspecified atom stereocenters. The van der Waals surface area contributed by atoms with Crippen LogP contribution in [0.15, 0.2) is 35.4 Å². The third-order valence-corrected chi connectivity index (χ3v) is 4.15. The molecule has 0 saturated carbocycles. The van der Waals surface area contributed by atoms with Gasteiger partial charge in [0.15, 0.2) is 11.5 Å². The van der Waals surface area contributed by atoms with E-state index in [4.69, 9.17) is 26.8 Å². The minimum absolute atomic E-state index is 0.525. The molecule has 0 amide bonds. The molecule has 0 spiro atoms. The molecule has 1 aliphatic heterocycles. The number of hydrogen-bond donors (Lipinski definition) is 1. The van der Waals surface area contributed by atoms with Crippen LogP contribution in [0.5, 0.6) is 11.5 Å². The van der Waals surface area contributed by atoms with E-state index in [1.807, 2.05) is 18.2 Å². The van der Waals surface area contributed by atoms with Crippen LogP contribution in [-0.4, -0.2) is 18.2 Å². The molecule has 3 rings (SSSR count). The zero-order valence-electron chi connectivity index (χ0n) is 10.6. The van der Waals surface area contributed by atoms with Gasteiger partial charge >= 0.3 is 0 Å². The molecule has 20 heavy (non-hydrogen) atoms. The number of nitrogens with zero attached hydrogens (tertiary/aromatic N) is 1. The highest BCUT2D eigenvalue weighted by atomic mass is 35.5. The normalized spacial score (nSPS) is 13.2. The van der Waals surface area contributed by atoms with Gasteiger partial charge in [0, 0.05) is 16.8 Å². The lowest BCUT2D eigenvalue weighted by Gasteiger charge is -2.20. The van der Waals surface area contributed by atoms with E-state index >= 15 is 0 Å². The summed E-state index contributed by atoms with van der Waals surface area (Å²) in [5, 5.41) is 0.591. The van der Waals surface area contributed by atoms with Crippen molar-refractivity contribution in [1.82, 2.24) is 4.98 Å². The lowest BCUT2D eigenvalue weighted by molar-refractivity contribution is 0.171. The second-order valence-corrected chi connectivity index (χ2v) is 5.77. The minimum Gasteiger partial charge on any atom is -0.486 e. The molecule has 0 saturated heterocycles. The summed E-state index contributed by atoms with van der Waals surface area (Å²) in [4.78, 5) is 5.13. The summed E-state index contributed by atoms with van der Waals surface area (Å²) in [7, 11) is 0. The maximum Gasteiger partial charge on any atom is 0.179 e. The van der Waals surface area contributed by atoms with E-state index in [1.54, 1.807) is 24.0 Å². The topological polar surface area (TPSA) is 57.4 Å². The van der Waals surface area contributed by atoms with Crippen LogP contribution >= 0.6 is 23.4 Å². The molecule has 1 aliphatic rings. The van der Waals surface area contributed by atoms with Crippen molar-refractivity contribution in [2.75, 3.05) is 18.9 Å². The highest BCUT2D eigenvalue weighted by molar-refractivity contribution is 7.98. The molecule has 2 aromatic rings. The van der Waals surface area contributed by atoms with Crippen molar-refractivity contribution in [2.45, 2.75) is 10.6 Å². The van der Waals surface area contributed by atoms with Crippen molar-refractivity contribution in [3.8, 4) is 11.5 Å². The van der Waals surface area contributed by atoms with Crippen molar-refractivity contribution in [3.05, 3.63) is 41.0 Å². The second-order valence-electron chi connectivity index (χ2n) is 4.31. The number of anilines is 1. The third-order valence-electron chi connectivity index (χ3n) is 2.82. The van der Waals surface area contributed by atoms with Gasteiger partial charge < -0.3 is 15.2 Å². The summed E-state index contributed by atoms with van der Waals surface area (Å²) >= 11 is 7.88. The Balaban J connectivity index is 1.74. The third kappa shape index (κ3) is 2.94. The van der Waals surface area contributed by atoms with Crippen LogP contribution in [0.4, 0.5) is 5.82 Å². The molecule has 0 bridgehead atoms. The van der Waals surface area contributed by atoms with Gasteiger partial charge in [-0.1, -0.05) is 11.6 Å². The maximum absolute atomic E-state index is 6.21. The van der Waals surface area contributed by atoms with Crippen LogP contribution in [0.2, 0.25) is 5.02 Å². The van der Waals surface area contributed by atoms with E-state index < -0.39 is 0 Å². The number of nitrogens with two attached hydrogens (primary N) is 1. The number of nitrogen functional groups attached to an aromatic ring is 1. The van der Waals surface area contributed by atoms with Crippen molar-refractivity contribution in [2.24, 2.45) is 0 Å². The molecule has 1 aromatic heterocycles. The molecule has 2 N–H and O–H groups in total. The molecule has 0 radical (unpaired) electrons. The fraction of sp³-hybridized carbons (Fsp3) is 0.214. The van der Waals surface area contributed by atoms with Crippen molar-refractivity contribution >= 4 is 29.2 Å². The zero-order chi connectivity index (χ0) is 13.9. The Morgan fingerprint density at radius 2 is 2.10 bits per heavy atom. The predicted octanol–water partition coefficient (Wildman–Crippen LogP) is 3.38. The monoisotopic (exact) mass is 308 g/mol. The van der Waals surface area contributed by atoms with Gasteiger partial charge in [0.1, 0.15) is 19.0 Å². The van der Waals surface area contributed by atoms with Gasteiger partial charge in [-0.3, -0.25) is 0 Å². The first-order valence-electron chi connectivity index (χ1n) is 6.15. The van der Waals surface area contributed by atoms with Crippen LogP contribution in [0.3, 0.4) is 0 Å². The molecular formula is C14H13ClN2O2S. The van der Waals surface area contributed by atoms with Gasteiger partial charge in [-0.2, -0.15) is 0 Å². The Morgan fingerprint density at radius 3 is 2.90 bits per heavy atom. The Morgan fingerprint density at radius 1 is 1.25 bits per heavy atom. The Bertz CT molecular complexity index is 619. The van der Waals surface area contributed by atoms with Crippen LogP contribution in [-0.2, 0) is 5.75 Å². The summed E-state index contributed by atoms with van der Waals surface area (Å²) in [6.07, 6.45) is 1.76. The molecular weight excluding hydrogens is 296 g/mol. The number of benzene rings is 1. The molecule has 104 valence electrons. The van der Waals surface area contributed by atoms with Crippen LogP contribution < -0.4 is 15.2 Å². The molecule has 0 aliphatic carbocycles. The van der Waals surface area contributed by atoms with Crippen molar-refractivity contribution in [3.63, 3.8) is 0 Å². The van der Waals surface area contributed by atoms with Gasteiger partial charge in [0.05, 0.1) is 5.02 Å². The Hall–Kier alpha value is -1.59. The lowest BCUT2D eigenvalue weighted by Crippen LogP contribution is -2.15. The van der Waals surface area contributed by atoms with Gasteiger partial charge in [-0.25, -0.2) is 4.98 Å². The number of ether oxygens (including phenoxy) is 2. The van der Waals surface area contributed by atoms with E-state index in [-0.39, 0.29) is 0 Å². The van der Waals surface area contributed by atoms with Crippen LogP contribution in [0.1, 0.15) is 5.56 Å². The number of aromatic nitrogens is 1. The van der Waals surface area contributed by atoms with E-state index in [2.05, 4.69) is 4.98 Å². The maximum atomic E-state index is 6.21. The highest BCUT2D eigenvalue weighted by Gasteiger charge is 2.16. The van der Waals surface area contributed by atoms with Crippen LogP contribution in [0.25, 0.3) is 0 Å². The first kappa shape index (κ1) is 13.4. The Labute approximate surface area is 126 Å². The average molecular weight is 309 g/mol. The predicted molar refractivity (Wildman–Crippen MR) is 80.7 cm³/mol. The zero-order valence-corrected chi connectivity index (χ0v) is 12.2. The molecule has 0 fully saturated rings. The first-order chi connectivity index (χ1) is 9.72. The smallest absolute Gasteiger partial charge is 0.179 e. The standard InChI is InChI=1S/C14H13ClN2O2S/c15-11-5-9(6-12-14(11)19-4-3-18-12)8-20-10-1-2-13(16)17-7-10/h1-2,5-7H,3-4,8H2,(H2,16,17). The van der Waals surface area contributed by atoms with E-state index in [9.17, 15) is 0 Å². The Kier molecular flexibility index (Phi) is 3.89. The van der Waals surface area contributed by atoms with E-state index in [1.165, 1.54) is 0 Å². The van der Waals surface area contributed by atoms with E-state index in [0.29, 0.717) is 29.8 Å². The number of pyridine rings is 1. The summed E-state index contributed by atoms with van der Waals surface area (Å²) in [5.41, 5.74) is 6.65. The summed E-state index contributed by atoms with van der Waals surface area (Å²) in [5.74, 6) is 2.66. The van der Waals surface area contributed by atoms with Crippen molar-refractivity contribution < 1.29 is 9.47 Å². The number of rotatable bonds is 3. The van der Waals surface area contributed by atoms with Crippen LogP contribution in [0, 0.1) is 0 Å². The fourth-order valence-corrected chi connectivity index (χ4v) is 2.97. The summed E-state index contributed by atoms with van der Waals surface area (Å²) in [6.45, 7) is 1.10. The largest absolute Gasteiger partial charge is 0.486 e. The van der Waals surface area contributed by atoms with Gasteiger partial charge in [0.25, 0.3) is 0 Å². The number of hydrogen-bond acceptors (Lipinski definition) is 5. The SMILES string of the molecule is Nc1ccc(SCc2cc(Cl)c3c(c2)OCCO3)cn1.